The monoisotopic (exact) mass is 364 g/mol. The molecule has 2 rings (SSSR count). The van der Waals surface area contributed by atoms with Crippen LogP contribution in [0.2, 0.25) is 0 Å². The molecular formula is C16H17BrN2OS. The van der Waals surface area contributed by atoms with Crippen molar-refractivity contribution in [3.05, 3.63) is 50.6 Å². The maximum atomic E-state index is 8.48. The van der Waals surface area contributed by atoms with Gasteiger partial charge < -0.3 is 10.1 Å². The summed E-state index contributed by atoms with van der Waals surface area (Å²) in [5, 5.41) is 14.0. The van der Waals surface area contributed by atoms with Gasteiger partial charge in [-0.25, -0.2) is 0 Å². The Bertz CT molecular complexity index is 606. The van der Waals surface area contributed by atoms with Crippen LogP contribution in [0.15, 0.2) is 40.2 Å². The molecule has 0 aliphatic rings. The van der Waals surface area contributed by atoms with Crippen LogP contribution in [0.1, 0.15) is 23.3 Å². The molecule has 0 aliphatic carbocycles. The van der Waals surface area contributed by atoms with Gasteiger partial charge in [-0.1, -0.05) is 12.1 Å². The Morgan fingerprint density at radius 1 is 1.29 bits per heavy atom. The normalized spacial score (nSPS) is 10.3. The Hall–Kier alpha value is -1.35. The fourth-order valence-corrected chi connectivity index (χ4v) is 3.28. The molecular weight excluding hydrogens is 348 g/mol. The molecule has 5 heteroatoms. The summed E-state index contributed by atoms with van der Waals surface area (Å²) in [6.07, 6.45) is 1.31. The Balaban J connectivity index is 1.76. The van der Waals surface area contributed by atoms with Crippen LogP contribution in [0.5, 0.6) is 5.75 Å². The van der Waals surface area contributed by atoms with E-state index in [2.05, 4.69) is 44.8 Å². The van der Waals surface area contributed by atoms with Gasteiger partial charge in [0.15, 0.2) is 0 Å². The highest BCUT2D eigenvalue weighted by molar-refractivity contribution is 9.10. The van der Waals surface area contributed by atoms with E-state index in [4.69, 9.17) is 10.00 Å². The van der Waals surface area contributed by atoms with Crippen molar-refractivity contribution in [2.24, 2.45) is 0 Å². The van der Waals surface area contributed by atoms with Crippen LogP contribution in [0.4, 0.5) is 0 Å². The predicted octanol–water partition coefficient (Wildman–Crippen LogP) is 4.48. The van der Waals surface area contributed by atoms with E-state index in [9.17, 15) is 0 Å². The average molecular weight is 365 g/mol. The zero-order chi connectivity index (χ0) is 14.9. The van der Waals surface area contributed by atoms with E-state index in [0.717, 1.165) is 29.7 Å². The lowest BCUT2D eigenvalue weighted by Crippen LogP contribution is -2.11. The summed E-state index contributed by atoms with van der Waals surface area (Å²) in [6.45, 7) is 2.27. The van der Waals surface area contributed by atoms with Gasteiger partial charge in [0, 0.05) is 34.2 Å². The van der Waals surface area contributed by atoms with E-state index >= 15 is 0 Å². The van der Waals surface area contributed by atoms with Gasteiger partial charge in [0.25, 0.3) is 0 Å². The molecule has 3 nitrogen and oxygen atoms in total. The number of halogens is 1. The molecule has 0 unspecified atom stereocenters. The van der Waals surface area contributed by atoms with Crippen LogP contribution >= 0.6 is 27.3 Å². The van der Waals surface area contributed by atoms with Gasteiger partial charge in [0.05, 0.1) is 12.7 Å². The third-order valence-corrected chi connectivity index (χ3v) is 4.55. The number of nitrogens with one attached hydrogen (secondary N) is 1. The van der Waals surface area contributed by atoms with Gasteiger partial charge in [-0.3, -0.25) is 0 Å². The molecule has 0 spiro atoms. The van der Waals surface area contributed by atoms with Crippen molar-refractivity contribution in [1.82, 2.24) is 5.32 Å². The van der Waals surface area contributed by atoms with Crippen LogP contribution in [-0.2, 0) is 13.1 Å². The second-order valence-corrected chi connectivity index (χ2v) is 6.50. The van der Waals surface area contributed by atoms with Crippen LogP contribution in [0, 0.1) is 11.3 Å². The van der Waals surface area contributed by atoms with E-state index in [1.165, 1.54) is 10.4 Å². The topological polar surface area (TPSA) is 45.0 Å². The number of nitriles is 1. The lowest BCUT2D eigenvalue weighted by molar-refractivity contribution is 0.312. The van der Waals surface area contributed by atoms with Crippen molar-refractivity contribution in [3.63, 3.8) is 0 Å². The largest absolute Gasteiger partial charge is 0.494 e. The highest BCUT2D eigenvalue weighted by atomic mass is 79.9. The lowest BCUT2D eigenvalue weighted by Gasteiger charge is -2.08. The SMILES string of the molecule is N#CCCCOc1cccc(CNCc2cc(Br)cs2)c1. The third-order valence-electron chi connectivity index (χ3n) is 2.85. The first-order chi connectivity index (χ1) is 10.3. The van der Waals surface area contributed by atoms with Crippen molar-refractivity contribution >= 4 is 27.3 Å². The summed E-state index contributed by atoms with van der Waals surface area (Å²) in [5.41, 5.74) is 1.20. The van der Waals surface area contributed by atoms with Crippen LogP contribution in [0.3, 0.4) is 0 Å². The lowest BCUT2D eigenvalue weighted by atomic mass is 10.2. The molecule has 1 aromatic heterocycles. The molecule has 0 saturated heterocycles. The molecule has 2 aromatic rings. The smallest absolute Gasteiger partial charge is 0.119 e. The number of hydrogen-bond acceptors (Lipinski definition) is 4. The number of thiophene rings is 1. The van der Waals surface area contributed by atoms with E-state index < -0.39 is 0 Å². The molecule has 110 valence electrons. The van der Waals surface area contributed by atoms with Crippen LogP contribution in [-0.4, -0.2) is 6.61 Å². The number of benzene rings is 1. The molecule has 21 heavy (non-hydrogen) atoms. The van der Waals surface area contributed by atoms with Gasteiger partial charge in [0.2, 0.25) is 0 Å². The number of nitrogens with zero attached hydrogens (tertiary/aromatic N) is 1. The fourth-order valence-electron chi connectivity index (χ4n) is 1.86. The summed E-state index contributed by atoms with van der Waals surface area (Å²) in [6, 6.07) is 12.3. The summed E-state index contributed by atoms with van der Waals surface area (Å²) < 4.78 is 6.77. The van der Waals surface area contributed by atoms with Gasteiger partial charge >= 0.3 is 0 Å². The molecule has 0 saturated carbocycles. The standard InChI is InChI=1S/C16H17BrN2OS/c17-14-9-16(21-12-14)11-19-10-13-4-3-5-15(8-13)20-7-2-1-6-18/h3-5,8-9,12,19H,1-2,7,10-11H2. The molecule has 0 fully saturated rings. The molecule has 1 heterocycles. The zero-order valence-corrected chi connectivity index (χ0v) is 14.0. The molecule has 0 aliphatic heterocycles. The van der Waals surface area contributed by atoms with E-state index in [1.54, 1.807) is 11.3 Å². The second kappa shape index (κ2) is 8.83. The maximum Gasteiger partial charge on any atom is 0.119 e. The summed E-state index contributed by atoms with van der Waals surface area (Å²) in [4.78, 5) is 1.31. The van der Waals surface area contributed by atoms with Crippen molar-refractivity contribution in [2.45, 2.75) is 25.9 Å². The van der Waals surface area contributed by atoms with E-state index in [1.807, 2.05) is 18.2 Å². The van der Waals surface area contributed by atoms with Crippen molar-refractivity contribution < 1.29 is 4.74 Å². The van der Waals surface area contributed by atoms with Crippen molar-refractivity contribution in [1.29, 1.82) is 5.26 Å². The van der Waals surface area contributed by atoms with Gasteiger partial charge in [-0.2, -0.15) is 5.26 Å². The zero-order valence-electron chi connectivity index (χ0n) is 11.6. The first-order valence-corrected chi connectivity index (χ1v) is 8.47. The molecule has 1 aromatic carbocycles. The van der Waals surface area contributed by atoms with Crippen molar-refractivity contribution in [3.8, 4) is 11.8 Å². The summed E-state index contributed by atoms with van der Waals surface area (Å²) in [7, 11) is 0. The first-order valence-electron chi connectivity index (χ1n) is 6.80. The first kappa shape index (κ1) is 16.0. The molecule has 0 atom stereocenters. The van der Waals surface area contributed by atoms with Crippen molar-refractivity contribution in [2.75, 3.05) is 6.61 Å². The van der Waals surface area contributed by atoms with Gasteiger partial charge in [-0.05, 0) is 46.1 Å². The fraction of sp³-hybridized carbons (Fsp3) is 0.312. The van der Waals surface area contributed by atoms with E-state index in [0.29, 0.717) is 13.0 Å². The molecule has 0 radical (unpaired) electrons. The number of ether oxygens (including phenoxy) is 1. The minimum atomic E-state index is 0.539. The highest BCUT2D eigenvalue weighted by Gasteiger charge is 2.00. The number of unbranched alkanes of at least 4 members (excludes halogenated alkanes) is 1. The third kappa shape index (κ3) is 5.88. The average Bonchev–Trinajstić information content (AvgIpc) is 2.90. The number of hydrogen-bond donors (Lipinski definition) is 1. The minimum absolute atomic E-state index is 0.539. The highest BCUT2D eigenvalue weighted by Crippen LogP contribution is 2.19. The summed E-state index contributed by atoms with van der Waals surface area (Å²) >= 11 is 5.20. The number of rotatable bonds is 8. The Morgan fingerprint density at radius 3 is 2.95 bits per heavy atom. The van der Waals surface area contributed by atoms with Crippen LogP contribution in [0.25, 0.3) is 0 Å². The molecule has 1 N–H and O–H groups in total. The Morgan fingerprint density at radius 2 is 2.19 bits per heavy atom. The van der Waals surface area contributed by atoms with Gasteiger partial charge in [0.1, 0.15) is 5.75 Å². The minimum Gasteiger partial charge on any atom is -0.494 e. The second-order valence-electron chi connectivity index (χ2n) is 4.59. The van der Waals surface area contributed by atoms with Crippen LogP contribution < -0.4 is 10.1 Å². The Labute approximate surface area is 137 Å². The van der Waals surface area contributed by atoms with Gasteiger partial charge in [-0.15, -0.1) is 11.3 Å². The molecule has 0 bridgehead atoms. The predicted molar refractivity (Wildman–Crippen MR) is 89.3 cm³/mol. The maximum absolute atomic E-state index is 8.48. The van der Waals surface area contributed by atoms with E-state index in [-0.39, 0.29) is 0 Å². The Kier molecular flexibility index (Phi) is 6.74. The molecule has 0 amide bonds. The quantitative estimate of drug-likeness (QED) is 0.702. The summed E-state index contributed by atoms with van der Waals surface area (Å²) in [5.74, 6) is 0.867.